The smallest absolute Gasteiger partial charge is 0.0638 e. The fraction of sp³-hybridized carbons (Fsp3) is 1.00. The van der Waals surface area contributed by atoms with Gasteiger partial charge in [0.2, 0.25) is 0 Å². The zero-order valence-electron chi connectivity index (χ0n) is 8.46. The Balaban J connectivity index is 2.07. The van der Waals surface area contributed by atoms with E-state index in [1.807, 2.05) is 0 Å². The van der Waals surface area contributed by atoms with E-state index < -0.39 is 0 Å². The van der Waals surface area contributed by atoms with E-state index in [-0.39, 0.29) is 12.6 Å². The van der Waals surface area contributed by atoms with Crippen LogP contribution in [0, 0.1) is 5.92 Å². The van der Waals surface area contributed by atoms with E-state index in [2.05, 4.69) is 5.32 Å². The first-order valence-electron chi connectivity index (χ1n) is 5.20. The highest BCUT2D eigenvalue weighted by atomic mass is 16.5. The molecule has 1 fully saturated rings. The largest absolute Gasteiger partial charge is 0.395 e. The molecule has 1 aliphatic carbocycles. The minimum Gasteiger partial charge on any atom is -0.395 e. The summed E-state index contributed by atoms with van der Waals surface area (Å²) < 4.78 is 4.99. The summed E-state index contributed by atoms with van der Waals surface area (Å²) in [6.45, 7) is 1.80. The van der Waals surface area contributed by atoms with Crippen LogP contribution in [-0.4, -0.2) is 38.0 Å². The van der Waals surface area contributed by atoms with Crippen molar-refractivity contribution in [2.45, 2.75) is 31.7 Å². The fourth-order valence-electron chi connectivity index (χ4n) is 1.93. The Morgan fingerprint density at radius 2 is 2.15 bits per heavy atom. The Kier molecular flexibility index (Phi) is 5.35. The zero-order valence-corrected chi connectivity index (χ0v) is 8.46. The van der Waals surface area contributed by atoms with Gasteiger partial charge in [0, 0.05) is 7.11 Å². The predicted molar refractivity (Wildman–Crippen MR) is 52.7 cm³/mol. The van der Waals surface area contributed by atoms with Gasteiger partial charge in [0.25, 0.3) is 0 Å². The van der Waals surface area contributed by atoms with Gasteiger partial charge in [-0.1, -0.05) is 12.8 Å². The van der Waals surface area contributed by atoms with Crippen LogP contribution in [0.3, 0.4) is 0 Å². The molecule has 1 rings (SSSR count). The van der Waals surface area contributed by atoms with E-state index in [9.17, 15) is 0 Å². The van der Waals surface area contributed by atoms with Crippen LogP contribution in [0.2, 0.25) is 0 Å². The van der Waals surface area contributed by atoms with Crippen molar-refractivity contribution in [1.82, 2.24) is 5.32 Å². The van der Waals surface area contributed by atoms with E-state index in [0.717, 1.165) is 12.5 Å². The monoisotopic (exact) mass is 187 g/mol. The quantitative estimate of drug-likeness (QED) is 0.645. The molecule has 0 aromatic heterocycles. The Bertz CT molecular complexity index is 124. The maximum atomic E-state index is 8.99. The lowest BCUT2D eigenvalue weighted by Gasteiger charge is -2.17. The van der Waals surface area contributed by atoms with Gasteiger partial charge in [-0.15, -0.1) is 0 Å². The van der Waals surface area contributed by atoms with Crippen LogP contribution in [0.1, 0.15) is 25.7 Å². The standard InChI is InChI=1S/C10H21NO2/c1-13-8-10(7-12)11-6-9-4-2-3-5-9/h9-12H,2-8H2,1H3. The van der Waals surface area contributed by atoms with Crippen molar-refractivity contribution in [2.75, 3.05) is 26.9 Å². The van der Waals surface area contributed by atoms with Crippen molar-refractivity contribution < 1.29 is 9.84 Å². The van der Waals surface area contributed by atoms with Crippen LogP contribution < -0.4 is 5.32 Å². The Hall–Kier alpha value is -0.120. The van der Waals surface area contributed by atoms with E-state index in [1.165, 1.54) is 25.7 Å². The van der Waals surface area contributed by atoms with Crippen LogP contribution in [0.25, 0.3) is 0 Å². The maximum Gasteiger partial charge on any atom is 0.0638 e. The molecular weight excluding hydrogens is 166 g/mol. The molecule has 0 spiro atoms. The SMILES string of the molecule is COCC(CO)NCC1CCCC1. The van der Waals surface area contributed by atoms with Gasteiger partial charge in [-0.25, -0.2) is 0 Å². The van der Waals surface area contributed by atoms with Gasteiger partial charge < -0.3 is 15.2 Å². The van der Waals surface area contributed by atoms with Gasteiger partial charge in [0.1, 0.15) is 0 Å². The average molecular weight is 187 g/mol. The molecule has 13 heavy (non-hydrogen) atoms. The van der Waals surface area contributed by atoms with E-state index in [1.54, 1.807) is 7.11 Å². The van der Waals surface area contributed by atoms with Gasteiger partial charge in [0.05, 0.1) is 19.3 Å². The van der Waals surface area contributed by atoms with Crippen LogP contribution in [0.4, 0.5) is 0 Å². The van der Waals surface area contributed by atoms with Gasteiger partial charge in [0.15, 0.2) is 0 Å². The van der Waals surface area contributed by atoms with Crippen molar-refractivity contribution in [3.63, 3.8) is 0 Å². The lowest BCUT2D eigenvalue weighted by molar-refractivity contribution is 0.126. The second-order valence-electron chi connectivity index (χ2n) is 3.89. The normalized spacial score (nSPS) is 20.8. The first-order valence-corrected chi connectivity index (χ1v) is 5.20. The molecule has 0 bridgehead atoms. The molecule has 0 aromatic carbocycles. The Labute approximate surface area is 80.5 Å². The van der Waals surface area contributed by atoms with Crippen LogP contribution >= 0.6 is 0 Å². The van der Waals surface area contributed by atoms with Crippen molar-refractivity contribution >= 4 is 0 Å². The van der Waals surface area contributed by atoms with Crippen LogP contribution in [0.5, 0.6) is 0 Å². The second-order valence-corrected chi connectivity index (χ2v) is 3.89. The first kappa shape index (κ1) is 11.0. The van der Waals surface area contributed by atoms with Gasteiger partial charge in [-0.3, -0.25) is 0 Å². The van der Waals surface area contributed by atoms with Crippen molar-refractivity contribution in [2.24, 2.45) is 5.92 Å². The third-order valence-corrected chi connectivity index (χ3v) is 2.76. The minimum atomic E-state index is 0.116. The molecule has 78 valence electrons. The van der Waals surface area contributed by atoms with Crippen molar-refractivity contribution in [1.29, 1.82) is 0 Å². The lowest BCUT2D eigenvalue weighted by Crippen LogP contribution is -2.38. The Morgan fingerprint density at radius 3 is 2.69 bits per heavy atom. The number of aliphatic hydroxyl groups is 1. The number of ether oxygens (including phenoxy) is 1. The van der Waals surface area contributed by atoms with E-state index >= 15 is 0 Å². The van der Waals surface area contributed by atoms with Gasteiger partial charge >= 0.3 is 0 Å². The summed E-state index contributed by atoms with van der Waals surface area (Å²) in [6, 6.07) is 0.116. The average Bonchev–Trinajstić information content (AvgIpc) is 2.64. The maximum absolute atomic E-state index is 8.99. The zero-order chi connectivity index (χ0) is 9.52. The number of hydrogen-bond donors (Lipinski definition) is 2. The third kappa shape index (κ3) is 4.07. The molecule has 1 aliphatic rings. The molecule has 1 atom stereocenters. The van der Waals surface area contributed by atoms with Crippen LogP contribution in [-0.2, 0) is 4.74 Å². The molecule has 3 nitrogen and oxygen atoms in total. The molecule has 0 saturated heterocycles. The predicted octanol–water partition coefficient (Wildman–Crippen LogP) is 0.773. The highest BCUT2D eigenvalue weighted by molar-refractivity contribution is 4.72. The second kappa shape index (κ2) is 6.35. The topological polar surface area (TPSA) is 41.5 Å². The number of nitrogens with one attached hydrogen (secondary N) is 1. The summed E-state index contributed by atoms with van der Waals surface area (Å²) >= 11 is 0. The fourth-order valence-corrected chi connectivity index (χ4v) is 1.93. The summed E-state index contributed by atoms with van der Waals surface area (Å²) in [7, 11) is 1.67. The molecule has 3 heteroatoms. The molecule has 0 aromatic rings. The first-order chi connectivity index (χ1) is 6.36. The molecule has 0 amide bonds. The number of aliphatic hydroxyl groups excluding tert-OH is 1. The Morgan fingerprint density at radius 1 is 1.46 bits per heavy atom. The van der Waals surface area contributed by atoms with E-state index in [0.29, 0.717) is 6.61 Å². The molecule has 1 saturated carbocycles. The molecular formula is C10H21NO2. The summed E-state index contributed by atoms with van der Waals surface area (Å²) in [5.74, 6) is 0.825. The molecule has 0 radical (unpaired) electrons. The van der Waals surface area contributed by atoms with E-state index in [4.69, 9.17) is 9.84 Å². The van der Waals surface area contributed by atoms with Gasteiger partial charge in [-0.2, -0.15) is 0 Å². The van der Waals surface area contributed by atoms with Gasteiger partial charge in [-0.05, 0) is 25.3 Å². The minimum absolute atomic E-state index is 0.116. The number of hydrogen-bond acceptors (Lipinski definition) is 3. The molecule has 0 aliphatic heterocycles. The highest BCUT2D eigenvalue weighted by Gasteiger charge is 2.16. The number of methoxy groups -OCH3 is 1. The van der Waals surface area contributed by atoms with Crippen molar-refractivity contribution in [3.8, 4) is 0 Å². The lowest BCUT2D eigenvalue weighted by atomic mass is 10.1. The summed E-state index contributed by atoms with van der Waals surface area (Å²) in [5.41, 5.74) is 0. The summed E-state index contributed by atoms with van der Waals surface area (Å²) in [6.07, 6.45) is 5.44. The summed E-state index contributed by atoms with van der Waals surface area (Å²) in [4.78, 5) is 0. The molecule has 2 N–H and O–H groups in total. The van der Waals surface area contributed by atoms with Crippen LogP contribution in [0.15, 0.2) is 0 Å². The third-order valence-electron chi connectivity index (χ3n) is 2.76. The highest BCUT2D eigenvalue weighted by Crippen LogP contribution is 2.23. The van der Waals surface area contributed by atoms with Crippen molar-refractivity contribution in [3.05, 3.63) is 0 Å². The molecule has 1 unspecified atom stereocenters. The molecule has 0 heterocycles. The summed E-state index contributed by atoms with van der Waals surface area (Å²) in [5, 5.41) is 12.3. The number of rotatable bonds is 6.